The van der Waals surface area contributed by atoms with E-state index >= 15 is 0 Å². The van der Waals surface area contributed by atoms with Gasteiger partial charge in [-0.1, -0.05) is 53.5 Å². The van der Waals surface area contributed by atoms with Crippen molar-refractivity contribution in [3.8, 4) is 11.5 Å². The van der Waals surface area contributed by atoms with Crippen molar-refractivity contribution in [1.29, 1.82) is 0 Å². The molecule has 38 heavy (non-hydrogen) atoms. The van der Waals surface area contributed by atoms with Crippen LogP contribution in [0, 0.1) is 0 Å². The first-order valence-corrected chi connectivity index (χ1v) is 12.6. The van der Waals surface area contributed by atoms with E-state index in [4.69, 9.17) is 37.4 Å². The highest BCUT2D eigenvalue weighted by Gasteiger charge is 2.36. The molecule has 10 heteroatoms. The Hall–Kier alpha value is -4.01. The molecule has 0 spiro atoms. The zero-order chi connectivity index (χ0) is 26.6. The van der Waals surface area contributed by atoms with Gasteiger partial charge in [-0.2, -0.15) is 10.1 Å². The predicted molar refractivity (Wildman–Crippen MR) is 146 cm³/mol. The van der Waals surface area contributed by atoms with Gasteiger partial charge in [0, 0.05) is 10.0 Å². The van der Waals surface area contributed by atoms with Crippen LogP contribution in [0.25, 0.3) is 5.70 Å². The van der Waals surface area contributed by atoms with Crippen molar-refractivity contribution in [3.63, 3.8) is 0 Å². The van der Waals surface area contributed by atoms with E-state index in [1.54, 1.807) is 16.8 Å². The zero-order valence-corrected chi connectivity index (χ0v) is 22.2. The smallest absolute Gasteiger partial charge is 0.338 e. The fraction of sp³-hybridized carbons (Fsp3) is 0.179. The van der Waals surface area contributed by atoms with Crippen molar-refractivity contribution in [3.05, 3.63) is 105 Å². The van der Waals surface area contributed by atoms with Crippen LogP contribution in [0.2, 0.25) is 10.0 Å². The van der Waals surface area contributed by atoms with E-state index in [2.05, 4.69) is 15.4 Å². The number of carbonyl (C=O) groups is 1. The van der Waals surface area contributed by atoms with Gasteiger partial charge in [-0.3, -0.25) is 0 Å². The maximum absolute atomic E-state index is 13.2. The Labute approximate surface area is 229 Å². The molecule has 1 aromatic heterocycles. The fourth-order valence-corrected chi connectivity index (χ4v) is 4.52. The standard InChI is InChI=1S/C28H24Cl2N4O4/c1-3-37-23-14-19(8-13-22(23)38-15-17-4-9-20(29)10-5-17)26-24(27(35)36-2)25(18-6-11-21(30)12-7-18)33-28-31-16-32-34(26)28/h4-14,16,26H,3,15H2,1-2H3,(H,31,32,33)/t26-/m1/s1. The van der Waals surface area contributed by atoms with Gasteiger partial charge in [0.25, 0.3) is 0 Å². The second-order valence-electron chi connectivity index (χ2n) is 8.40. The van der Waals surface area contributed by atoms with Crippen LogP contribution in [0.5, 0.6) is 11.5 Å². The molecule has 1 atom stereocenters. The lowest BCUT2D eigenvalue weighted by Gasteiger charge is -2.29. The van der Waals surface area contributed by atoms with Gasteiger partial charge in [0.15, 0.2) is 11.5 Å². The summed E-state index contributed by atoms with van der Waals surface area (Å²) in [6, 6.07) is 19.5. The molecule has 5 rings (SSSR count). The van der Waals surface area contributed by atoms with Crippen molar-refractivity contribution in [2.75, 3.05) is 19.0 Å². The summed E-state index contributed by atoms with van der Waals surface area (Å²) in [5.74, 6) is 1.08. The first-order chi connectivity index (χ1) is 18.5. The Morgan fingerprint density at radius 2 is 1.68 bits per heavy atom. The van der Waals surface area contributed by atoms with Gasteiger partial charge in [-0.15, -0.1) is 0 Å². The minimum atomic E-state index is -0.642. The van der Waals surface area contributed by atoms with Gasteiger partial charge >= 0.3 is 5.97 Å². The van der Waals surface area contributed by atoms with Crippen molar-refractivity contribution < 1.29 is 19.0 Å². The van der Waals surface area contributed by atoms with Crippen LogP contribution in [0.15, 0.2) is 78.6 Å². The number of nitrogens with one attached hydrogen (secondary N) is 1. The molecule has 194 valence electrons. The van der Waals surface area contributed by atoms with Crippen LogP contribution in [0.3, 0.4) is 0 Å². The summed E-state index contributed by atoms with van der Waals surface area (Å²) >= 11 is 12.1. The summed E-state index contributed by atoms with van der Waals surface area (Å²) in [4.78, 5) is 17.6. The number of rotatable bonds is 8. The number of aromatic nitrogens is 3. The minimum Gasteiger partial charge on any atom is -0.490 e. The monoisotopic (exact) mass is 550 g/mol. The molecule has 3 aromatic carbocycles. The molecule has 0 saturated carbocycles. The number of benzene rings is 3. The van der Waals surface area contributed by atoms with Crippen molar-refractivity contribution >= 4 is 40.8 Å². The summed E-state index contributed by atoms with van der Waals surface area (Å²) in [6.45, 7) is 2.66. The molecule has 2 heterocycles. The van der Waals surface area contributed by atoms with Gasteiger partial charge in [-0.05, 0) is 60.0 Å². The third kappa shape index (κ3) is 5.18. The number of fused-ring (bicyclic) bond motifs is 1. The molecule has 0 radical (unpaired) electrons. The Bertz CT molecular complexity index is 1480. The van der Waals surface area contributed by atoms with Crippen LogP contribution in [-0.2, 0) is 16.1 Å². The molecule has 1 N–H and O–H groups in total. The molecule has 0 fully saturated rings. The van der Waals surface area contributed by atoms with Gasteiger partial charge in [0.05, 0.1) is 25.0 Å². The van der Waals surface area contributed by atoms with Gasteiger partial charge in [0.1, 0.15) is 19.0 Å². The number of carbonyl (C=O) groups excluding carboxylic acids is 1. The largest absolute Gasteiger partial charge is 0.490 e. The lowest BCUT2D eigenvalue weighted by Crippen LogP contribution is -2.29. The summed E-state index contributed by atoms with van der Waals surface area (Å²) in [7, 11) is 1.35. The predicted octanol–water partition coefficient (Wildman–Crippen LogP) is 6.16. The second kappa shape index (κ2) is 11.2. The van der Waals surface area contributed by atoms with E-state index < -0.39 is 12.0 Å². The van der Waals surface area contributed by atoms with Crippen molar-refractivity contribution in [1.82, 2.24) is 14.8 Å². The molecule has 0 unspecified atom stereocenters. The topological polar surface area (TPSA) is 87.5 Å². The Balaban J connectivity index is 1.58. The lowest BCUT2D eigenvalue weighted by atomic mass is 9.92. The number of anilines is 1. The number of methoxy groups -OCH3 is 1. The number of hydrogen-bond acceptors (Lipinski definition) is 7. The number of ether oxygens (including phenoxy) is 3. The Kier molecular flexibility index (Phi) is 7.53. The van der Waals surface area contributed by atoms with E-state index in [0.29, 0.717) is 52.0 Å². The summed E-state index contributed by atoms with van der Waals surface area (Å²) in [5.41, 5.74) is 3.38. The molecule has 4 aromatic rings. The third-order valence-corrected chi connectivity index (χ3v) is 6.53. The summed E-state index contributed by atoms with van der Waals surface area (Å²) < 4.78 is 18.9. The molecule has 1 aliphatic heterocycles. The van der Waals surface area contributed by atoms with Gasteiger partial charge in [0.2, 0.25) is 5.95 Å². The van der Waals surface area contributed by atoms with E-state index in [-0.39, 0.29) is 0 Å². The number of halogens is 2. The van der Waals surface area contributed by atoms with Gasteiger partial charge in [-0.25, -0.2) is 9.48 Å². The van der Waals surface area contributed by atoms with E-state index in [1.165, 1.54) is 13.4 Å². The molecule has 0 bridgehead atoms. The SMILES string of the molecule is CCOc1cc([C@@H]2C(C(=O)OC)=C(c3ccc(Cl)cc3)Nc3ncnn32)ccc1OCc1ccc(Cl)cc1. The maximum atomic E-state index is 13.2. The highest BCUT2D eigenvalue weighted by atomic mass is 35.5. The minimum absolute atomic E-state index is 0.338. The van der Waals surface area contributed by atoms with Crippen molar-refractivity contribution in [2.24, 2.45) is 0 Å². The number of esters is 1. The lowest BCUT2D eigenvalue weighted by molar-refractivity contribution is -0.136. The molecular weight excluding hydrogens is 527 g/mol. The summed E-state index contributed by atoms with van der Waals surface area (Å²) in [6.07, 6.45) is 1.43. The molecule has 0 saturated heterocycles. The highest BCUT2D eigenvalue weighted by Crippen LogP contribution is 2.41. The quantitative estimate of drug-likeness (QED) is 0.263. The molecule has 1 aliphatic rings. The van der Waals surface area contributed by atoms with Crippen LogP contribution < -0.4 is 14.8 Å². The first kappa shape index (κ1) is 25.6. The highest BCUT2D eigenvalue weighted by molar-refractivity contribution is 6.30. The van der Waals surface area contributed by atoms with Gasteiger partial charge < -0.3 is 19.5 Å². The zero-order valence-electron chi connectivity index (χ0n) is 20.7. The summed E-state index contributed by atoms with van der Waals surface area (Å²) in [5, 5.41) is 8.88. The first-order valence-electron chi connectivity index (χ1n) is 11.9. The maximum Gasteiger partial charge on any atom is 0.338 e. The van der Waals surface area contributed by atoms with Crippen LogP contribution in [0.4, 0.5) is 5.95 Å². The normalized spacial score (nSPS) is 14.5. The molecule has 0 aliphatic carbocycles. The third-order valence-electron chi connectivity index (χ3n) is 6.03. The van der Waals surface area contributed by atoms with Crippen LogP contribution in [0.1, 0.15) is 29.7 Å². The average Bonchev–Trinajstić information content (AvgIpc) is 3.41. The van der Waals surface area contributed by atoms with Crippen LogP contribution in [-0.4, -0.2) is 34.5 Å². The average molecular weight is 551 g/mol. The number of hydrogen-bond donors (Lipinski definition) is 1. The number of nitrogens with zero attached hydrogens (tertiary/aromatic N) is 3. The second-order valence-corrected chi connectivity index (χ2v) is 9.27. The fourth-order valence-electron chi connectivity index (χ4n) is 4.27. The van der Waals surface area contributed by atoms with E-state index in [9.17, 15) is 4.79 Å². The van der Waals surface area contributed by atoms with Crippen LogP contribution >= 0.6 is 23.2 Å². The van der Waals surface area contributed by atoms with Crippen molar-refractivity contribution in [2.45, 2.75) is 19.6 Å². The Morgan fingerprint density at radius 3 is 2.37 bits per heavy atom. The molecule has 0 amide bonds. The molecular formula is C28H24Cl2N4O4. The van der Waals surface area contributed by atoms with E-state index in [0.717, 1.165) is 16.7 Å². The van der Waals surface area contributed by atoms with E-state index in [1.807, 2.05) is 61.5 Å². The Morgan fingerprint density at radius 1 is 0.974 bits per heavy atom. The molecule has 8 nitrogen and oxygen atoms in total.